The second-order valence-corrected chi connectivity index (χ2v) is 4.12. The molecule has 0 saturated carbocycles. The van der Waals surface area contributed by atoms with Gasteiger partial charge in [-0.3, -0.25) is 9.59 Å². The lowest BCUT2D eigenvalue weighted by molar-refractivity contribution is -0.112. The summed E-state index contributed by atoms with van der Waals surface area (Å²) in [5.41, 5.74) is 2.55. The van der Waals surface area contributed by atoms with Crippen LogP contribution in [0.5, 0.6) is 0 Å². The largest absolute Gasteiger partial charge is 0.319 e. The number of Topliss-reactive ketones (excluding diaryl/α,β-unsaturated/α-hetero) is 1. The number of carbonyl (C=O) groups is 2. The molecule has 0 saturated heterocycles. The molecule has 0 aliphatic carbocycles. The predicted molar refractivity (Wildman–Crippen MR) is 69.6 cm³/mol. The molecular formula is C14H14N2O2. The Labute approximate surface area is 106 Å². The molecular weight excluding hydrogens is 228 g/mol. The van der Waals surface area contributed by atoms with E-state index in [9.17, 15) is 9.59 Å². The van der Waals surface area contributed by atoms with E-state index in [0.29, 0.717) is 23.2 Å². The number of ketones is 1. The molecule has 2 rings (SSSR count). The summed E-state index contributed by atoms with van der Waals surface area (Å²) in [4.78, 5) is 23.1. The van der Waals surface area contributed by atoms with Gasteiger partial charge in [-0.15, -0.1) is 0 Å². The zero-order chi connectivity index (χ0) is 13.1. The van der Waals surface area contributed by atoms with Crippen LogP contribution in [-0.4, -0.2) is 25.3 Å². The topological polar surface area (TPSA) is 58.2 Å². The number of hydrogen-bond donors (Lipinski definition) is 2. The third-order valence-electron chi connectivity index (χ3n) is 2.81. The van der Waals surface area contributed by atoms with E-state index in [1.165, 1.54) is 0 Å². The third-order valence-corrected chi connectivity index (χ3v) is 2.81. The quantitative estimate of drug-likeness (QED) is 0.463. The third kappa shape index (κ3) is 2.13. The van der Waals surface area contributed by atoms with Gasteiger partial charge in [-0.1, -0.05) is 17.9 Å². The molecule has 0 aromatic heterocycles. The average molecular weight is 242 g/mol. The van der Waals surface area contributed by atoms with Crippen molar-refractivity contribution in [2.24, 2.45) is 0 Å². The van der Waals surface area contributed by atoms with Crippen LogP contribution in [0, 0.1) is 18.8 Å². The van der Waals surface area contributed by atoms with E-state index in [-0.39, 0.29) is 0 Å². The van der Waals surface area contributed by atoms with Crippen LogP contribution in [0.1, 0.15) is 27.9 Å². The molecule has 0 unspecified atom stereocenters. The zero-order valence-electron chi connectivity index (χ0n) is 10.4. The number of rotatable bonds is 2. The van der Waals surface area contributed by atoms with Gasteiger partial charge in [0.05, 0.1) is 11.3 Å². The van der Waals surface area contributed by atoms with Crippen molar-refractivity contribution >= 4 is 17.4 Å². The van der Waals surface area contributed by atoms with Gasteiger partial charge in [0.2, 0.25) is 0 Å². The highest BCUT2D eigenvalue weighted by atomic mass is 16.2. The highest BCUT2D eigenvalue weighted by Crippen LogP contribution is 2.28. The van der Waals surface area contributed by atoms with E-state index in [2.05, 4.69) is 22.5 Å². The molecule has 0 spiro atoms. The Morgan fingerprint density at radius 1 is 1.33 bits per heavy atom. The second kappa shape index (κ2) is 5.03. The van der Waals surface area contributed by atoms with Gasteiger partial charge in [-0.05, 0) is 25.6 Å². The van der Waals surface area contributed by atoms with Gasteiger partial charge in [0.25, 0.3) is 11.7 Å². The molecule has 4 nitrogen and oxygen atoms in total. The van der Waals surface area contributed by atoms with Crippen molar-refractivity contribution in [2.45, 2.75) is 13.3 Å². The number of carbonyl (C=O) groups excluding carboxylic acids is 2. The number of benzene rings is 1. The Kier molecular flexibility index (Phi) is 3.45. The van der Waals surface area contributed by atoms with E-state index >= 15 is 0 Å². The molecule has 92 valence electrons. The fraction of sp³-hybridized carbons (Fsp3) is 0.286. The van der Waals surface area contributed by atoms with Crippen LogP contribution < -0.4 is 10.6 Å². The normalized spacial score (nSPS) is 12.8. The SMILES string of the molecule is CNCCC#Cc1c(C)ccc2c1C(=O)C(=O)N2. The van der Waals surface area contributed by atoms with Crippen LogP contribution in [-0.2, 0) is 4.79 Å². The van der Waals surface area contributed by atoms with E-state index in [0.717, 1.165) is 12.1 Å². The van der Waals surface area contributed by atoms with Gasteiger partial charge in [0.1, 0.15) is 0 Å². The first-order valence-corrected chi connectivity index (χ1v) is 5.78. The summed E-state index contributed by atoms with van der Waals surface area (Å²) < 4.78 is 0. The Bertz CT molecular complexity index is 579. The van der Waals surface area contributed by atoms with Gasteiger partial charge in [-0.25, -0.2) is 0 Å². The molecule has 1 amide bonds. The zero-order valence-corrected chi connectivity index (χ0v) is 10.4. The van der Waals surface area contributed by atoms with Gasteiger partial charge in [0, 0.05) is 18.5 Å². The standard InChI is InChI=1S/C14H14N2O2/c1-9-6-7-11-12(13(17)14(18)16-11)10(9)5-3-4-8-15-2/h6-7,15H,4,8H2,1-2H3,(H,16,17,18). The first-order chi connectivity index (χ1) is 8.65. The summed E-state index contributed by atoms with van der Waals surface area (Å²) in [5.74, 6) is 4.93. The highest BCUT2D eigenvalue weighted by molar-refractivity contribution is 6.52. The maximum absolute atomic E-state index is 11.8. The summed E-state index contributed by atoms with van der Waals surface area (Å²) in [5, 5.41) is 5.55. The Morgan fingerprint density at radius 2 is 2.11 bits per heavy atom. The number of anilines is 1. The number of aryl methyl sites for hydroxylation is 1. The number of nitrogens with one attached hydrogen (secondary N) is 2. The molecule has 0 atom stereocenters. The minimum atomic E-state index is -0.575. The van der Waals surface area contributed by atoms with E-state index in [1.807, 2.05) is 20.0 Å². The predicted octanol–water partition coefficient (Wildman–Crippen LogP) is 1.09. The smallest absolute Gasteiger partial charge is 0.296 e. The van der Waals surface area contributed by atoms with Crippen LogP contribution in [0.25, 0.3) is 0 Å². The fourth-order valence-electron chi connectivity index (χ4n) is 1.84. The number of fused-ring (bicyclic) bond motifs is 1. The maximum atomic E-state index is 11.8. The minimum absolute atomic E-state index is 0.414. The number of hydrogen-bond acceptors (Lipinski definition) is 3. The summed E-state index contributed by atoms with van der Waals surface area (Å²) in [7, 11) is 1.86. The van der Waals surface area contributed by atoms with E-state index in [1.54, 1.807) is 6.07 Å². The van der Waals surface area contributed by atoms with Crippen LogP contribution in [0.4, 0.5) is 5.69 Å². The molecule has 1 aromatic rings. The van der Waals surface area contributed by atoms with Crippen LogP contribution in [0.3, 0.4) is 0 Å². The summed E-state index contributed by atoms with van der Waals surface area (Å²) in [6.07, 6.45) is 0.704. The Hall–Kier alpha value is -2.12. The molecule has 0 radical (unpaired) electrons. The lowest BCUT2D eigenvalue weighted by atomic mass is 9.99. The van der Waals surface area contributed by atoms with Crippen molar-refractivity contribution < 1.29 is 9.59 Å². The first-order valence-electron chi connectivity index (χ1n) is 5.78. The van der Waals surface area contributed by atoms with E-state index < -0.39 is 11.7 Å². The molecule has 0 fully saturated rings. The van der Waals surface area contributed by atoms with E-state index in [4.69, 9.17) is 0 Å². The minimum Gasteiger partial charge on any atom is -0.319 e. The molecule has 1 aromatic carbocycles. The molecule has 18 heavy (non-hydrogen) atoms. The van der Waals surface area contributed by atoms with Gasteiger partial charge in [-0.2, -0.15) is 0 Å². The monoisotopic (exact) mass is 242 g/mol. The molecule has 2 N–H and O–H groups in total. The lowest BCUT2D eigenvalue weighted by Gasteiger charge is -2.03. The van der Waals surface area contributed by atoms with Gasteiger partial charge >= 0.3 is 0 Å². The van der Waals surface area contributed by atoms with Crippen molar-refractivity contribution in [3.63, 3.8) is 0 Å². The van der Waals surface area contributed by atoms with Crippen molar-refractivity contribution in [2.75, 3.05) is 18.9 Å². The molecule has 1 heterocycles. The summed E-state index contributed by atoms with van der Waals surface area (Å²) >= 11 is 0. The van der Waals surface area contributed by atoms with Crippen molar-refractivity contribution in [1.82, 2.24) is 5.32 Å². The van der Waals surface area contributed by atoms with Crippen molar-refractivity contribution in [1.29, 1.82) is 0 Å². The maximum Gasteiger partial charge on any atom is 0.296 e. The summed E-state index contributed by atoms with van der Waals surface area (Å²) in [6, 6.07) is 3.60. The first kappa shape index (κ1) is 12.3. The van der Waals surface area contributed by atoms with Gasteiger partial charge < -0.3 is 10.6 Å². The van der Waals surface area contributed by atoms with Crippen molar-refractivity contribution in [3.05, 3.63) is 28.8 Å². The lowest BCUT2D eigenvalue weighted by Crippen LogP contribution is -2.13. The molecule has 4 heteroatoms. The molecule has 1 aliphatic heterocycles. The Morgan fingerprint density at radius 3 is 2.83 bits per heavy atom. The summed E-state index contributed by atoms with van der Waals surface area (Å²) in [6.45, 7) is 2.69. The molecule has 1 aliphatic rings. The number of amides is 1. The van der Waals surface area contributed by atoms with Gasteiger partial charge in [0.15, 0.2) is 0 Å². The molecule has 0 bridgehead atoms. The second-order valence-electron chi connectivity index (χ2n) is 4.12. The van der Waals surface area contributed by atoms with Crippen LogP contribution in [0.15, 0.2) is 12.1 Å². The van der Waals surface area contributed by atoms with Crippen molar-refractivity contribution in [3.8, 4) is 11.8 Å². The van der Waals surface area contributed by atoms with Crippen LogP contribution >= 0.6 is 0 Å². The fourth-order valence-corrected chi connectivity index (χ4v) is 1.84. The van der Waals surface area contributed by atoms with Crippen LogP contribution in [0.2, 0.25) is 0 Å². The average Bonchev–Trinajstić information content (AvgIpc) is 2.64. The Balaban J connectivity index is 2.41. The highest BCUT2D eigenvalue weighted by Gasteiger charge is 2.30.